The van der Waals surface area contributed by atoms with Gasteiger partial charge in [0.25, 0.3) is 5.91 Å². The van der Waals surface area contributed by atoms with Crippen molar-refractivity contribution in [2.45, 2.75) is 13.0 Å². The van der Waals surface area contributed by atoms with E-state index in [0.717, 1.165) is 10.5 Å². The van der Waals surface area contributed by atoms with E-state index in [2.05, 4.69) is 0 Å². The second kappa shape index (κ2) is 9.47. The molecule has 0 radical (unpaired) electrons. The van der Waals surface area contributed by atoms with Gasteiger partial charge in [-0.05, 0) is 35.4 Å². The number of phenolic OH excluding ortho intramolecular Hbond substituents is 1. The quantitative estimate of drug-likeness (QED) is 0.497. The Balaban J connectivity index is 2.06. The lowest BCUT2D eigenvalue weighted by molar-refractivity contribution is -0.479. The van der Waals surface area contributed by atoms with Gasteiger partial charge in [0.05, 0.1) is 17.9 Å². The van der Waals surface area contributed by atoms with Gasteiger partial charge in [0.1, 0.15) is 12.4 Å². The van der Waals surface area contributed by atoms with Gasteiger partial charge in [-0.3, -0.25) is 14.9 Å². The number of nitrogens with zero attached hydrogens (tertiary/aromatic N) is 2. The summed E-state index contributed by atoms with van der Waals surface area (Å²) in [5, 5.41) is 29.1. The molecule has 0 heterocycles. The topological polar surface area (TPSA) is 130 Å². The normalized spacial score (nSPS) is 10.5. The van der Waals surface area contributed by atoms with Crippen LogP contribution in [0, 0.1) is 10.1 Å². The Labute approximate surface area is 160 Å². The highest BCUT2D eigenvalue weighted by molar-refractivity contribution is 6.02. The molecule has 0 saturated heterocycles. The van der Waals surface area contributed by atoms with Gasteiger partial charge >= 0.3 is 5.97 Å². The lowest BCUT2D eigenvalue weighted by Gasteiger charge is -2.20. The number of amides is 1. The molecule has 0 aliphatic rings. The van der Waals surface area contributed by atoms with Crippen molar-refractivity contribution < 1.29 is 29.5 Å². The highest BCUT2D eigenvalue weighted by atomic mass is 16.6. The Bertz CT molecular complexity index is 865. The van der Waals surface area contributed by atoms with Crippen molar-refractivity contribution in [3.05, 3.63) is 69.3 Å². The molecule has 9 heteroatoms. The number of nitro groups is 1. The van der Waals surface area contributed by atoms with Crippen LogP contribution in [-0.4, -0.2) is 47.2 Å². The molecule has 0 saturated carbocycles. The summed E-state index contributed by atoms with van der Waals surface area (Å²) in [6.45, 7) is -0.427. The number of aromatic hydroxyl groups is 1. The molecule has 2 aromatic carbocycles. The number of carboxylic acids is 1. The number of likely N-dealkylation sites (N-methyl/N-ethyl adjacent to an activating group) is 1. The molecule has 0 fully saturated rings. The van der Waals surface area contributed by atoms with E-state index in [1.165, 1.54) is 37.4 Å². The molecule has 2 rings (SSSR count). The Hall–Kier alpha value is -3.46. The van der Waals surface area contributed by atoms with E-state index in [9.17, 15) is 29.9 Å². The maximum absolute atomic E-state index is 12.4. The molecule has 0 bridgehead atoms. The summed E-state index contributed by atoms with van der Waals surface area (Å²) >= 11 is 0. The van der Waals surface area contributed by atoms with Crippen molar-refractivity contribution in [3.63, 3.8) is 0 Å². The van der Waals surface area contributed by atoms with Gasteiger partial charge < -0.3 is 19.8 Å². The largest absolute Gasteiger partial charge is 0.508 e. The number of hydrogen-bond donors (Lipinski definition) is 2. The molecular weight excluding hydrogens is 368 g/mol. The summed E-state index contributed by atoms with van der Waals surface area (Å²) < 4.78 is 5.36. The van der Waals surface area contributed by atoms with Crippen molar-refractivity contribution in [3.8, 4) is 5.75 Å². The van der Waals surface area contributed by atoms with Crippen LogP contribution >= 0.6 is 0 Å². The molecule has 0 unspecified atom stereocenters. The summed E-state index contributed by atoms with van der Waals surface area (Å²) in [6.07, 6.45) is 0.124. The zero-order valence-electron chi connectivity index (χ0n) is 15.2. The minimum atomic E-state index is -1.21. The second-order valence-electron chi connectivity index (χ2n) is 6.07. The predicted molar refractivity (Wildman–Crippen MR) is 100 cm³/mol. The standard InChI is InChI=1S/C19H20N2O7/c1-20(18(23)12-28-11-14-2-5-15(22)6-3-14)17-10-13(8-9-21(26)27)4-7-16(17)19(24)25/h2-7,10,22H,8-9,11-12H2,1H3,(H,24,25). The molecular formula is C19H20N2O7. The zero-order valence-corrected chi connectivity index (χ0v) is 15.2. The third-order valence-corrected chi connectivity index (χ3v) is 4.04. The number of hydrogen-bond acceptors (Lipinski definition) is 6. The highest BCUT2D eigenvalue weighted by Crippen LogP contribution is 2.22. The van der Waals surface area contributed by atoms with Gasteiger partial charge in [-0.1, -0.05) is 18.2 Å². The smallest absolute Gasteiger partial charge is 0.337 e. The van der Waals surface area contributed by atoms with E-state index < -0.39 is 16.8 Å². The molecule has 148 valence electrons. The number of carbonyl (C=O) groups excluding carboxylic acids is 1. The number of phenols is 1. The van der Waals surface area contributed by atoms with Crippen molar-refractivity contribution in [1.29, 1.82) is 0 Å². The highest BCUT2D eigenvalue weighted by Gasteiger charge is 2.19. The predicted octanol–water partition coefficient (Wildman–Crippen LogP) is 2.09. The van der Waals surface area contributed by atoms with Crippen molar-refractivity contribution in [2.24, 2.45) is 0 Å². The first-order valence-electron chi connectivity index (χ1n) is 8.38. The third-order valence-electron chi connectivity index (χ3n) is 4.04. The van der Waals surface area contributed by atoms with E-state index in [0.29, 0.717) is 5.56 Å². The molecule has 0 aliphatic heterocycles. The molecule has 0 spiro atoms. The van der Waals surface area contributed by atoms with Crippen molar-refractivity contribution in [1.82, 2.24) is 0 Å². The van der Waals surface area contributed by atoms with Crippen LogP contribution in [0.15, 0.2) is 42.5 Å². The summed E-state index contributed by atoms with van der Waals surface area (Å²) in [7, 11) is 1.42. The van der Waals surface area contributed by atoms with Gasteiger partial charge in [0.15, 0.2) is 0 Å². The maximum Gasteiger partial charge on any atom is 0.337 e. The van der Waals surface area contributed by atoms with E-state index in [4.69, 9.17) is 4.74 Å². The maximum atomic E-state index is 12.4. The fourth-order valence-corrected chi connectivity index (χ4v) is 2.49. The number of carbonyl (C=O) groups is 2. The van der Waals surface area contributed by atoms with Crippen LogP contribution < -0.4 is 4.90 Å². The lowest BCUT2D eigenvalue weighted by Crippen LogP contribution is -2.31. The number of carboxylic acid groups (broad SMARTS) is 1. The first-order valence-corrected chi connectivity index (χ1v) is 8.38. The molecule has 28 heavy (non-hydrogen) atoms. The fourth-order valence-electron chi connectivity index (χ4n) is 2.49. The molecule has 0 atom stereocenters. The van der Waals surface area contributed by atoms with Gasteiger partial charge in [-0.25, -0.2) is 4.79 Å². The van der Waals surface area contributed by atoms with Crippen LogP contribution in [0.1, 0.15) is 21.5 Å². The molecule has 2 aromatic rings. The summed E-state index contributed by atoms with van der Waals surface area (Å²) in [5.41, 5.74) is 1.38. The number of aromatic carboxylic acids is 1. The van der Waals surface area contributed by atoms with E-state index in [-0.39, 0.29) is 43.2 Å². The average Bonchev–Trinajstić information content (AvgIpc) is 2.66. The first kappa shape index (κ1) is 20.8. The van der Waals surface area contributed by atoms with Crippen LogP contribution in [0.25, 0.3) is 0 Å². The Morgan fingerprint density at radius 2 is 1.79 bits per heavy atom. The number of benzene rings is 2. The second-order valence-corrected chi connectivity index (χ2v) is 6.07. The van der Waals surface area contributed by atoms with Crippen LogP contribution in [0.4, 0.5) is 5.69 Å². The molecule has 0 aromatic heterocycles. The van der Waals surface area contributed by atoms with Gasteiger partial charge in [-0.15, -0.1) is 0 Å². The molecule has 1 amide bonds. The third kappa shape index (κ3) is 5.78. The van der Waals surface area contributed by atoms with Crippen LogP contribution in [-0.2, 0) is 22.6 Å². The van der Waals surface area contributed by atoms with Crippen LogP contribution in [0.3, 0.4) is 0 Å². The number of anilines is 1. The fraction of sp³-hybridized carbons (Fsp3) is 0.263. The molecule has 2 N–H and O–H groups in total. The Morgan fingerprint density at radius 3 is 2.39 bits per heavy atom. The Morgan fingerprint density at radius 1 is 1.14 bits per heavy atom. The van der Waals surface area contributed by atoms with Crippen LogP contribution in [0.2, 0.25) is 0 Å². The average molecular weight is 388 g/mol. The van der Waals surface area contributed by atoms with Crippen LogP contribution in [0.5, 0.6) is 5.75 Å². The van der Waals surface area contributed by atoms with Crippen molar-refractivity contribution in [2.75, 3.05) is 25.1 Å². The van der Waals surface area contributed by atoms with E-state index in [1.807, 2.05) is 0 Å². The minimum absolute atomic E-state index is 0.0840. The van der Waals surface area contributed by atoms with Gasteiger partial charge in [0, 0.05) is 18.4 Å². The first-order chi connectivity index (χ1) is 13.3. The van der Waals surface area contributed by atoms with Gasteiger partial charge in [0.2, 0.25) is 6.54 Å². The number of rotatable bonds is 9. The van der Waals surface area contributed by atoms with Gasteiger partial charge in [-0.2, -0.15) is 0 Å². The summed E-state index contributed by atoms with van der Waals surface area (Å²) in [6, 6.07) is 10.6. The summed E-state index contributed by atoms with van der Waals surface area (Å²) in [4.78, 5) is 35.1. The Kier molecular flexibility index (Phi) is 7.05. The molecule has 9 nitrogen and oxygen atoms in total. The van der Waals surface area contributed by atoms with E-state index >= 15 is 0 Å². The zero-order chi connectivity index (χ0) is 20.7. The van der Waals surface area contributed by atoms with Crippen molar-refractivity contribution >= 4 is 17.6 Å². The monoisotopic (exact) mass is 388 g/mol. The minimum Gasteiger partial charge on any atom is -0.508 e. The van der Waals surface area contributed by atoms with E-state index in [1.54, 1.807) is 12.1 Å². The lowest BCUT2D eigenvalue weighted by atomic mass is 10.1. The SMILES string of the molecule is CN(C(=O)COCc1ccc(O)cc1)c1cc(CC[N+](=O)[O-])ccc1C(=O)O. The molecule has 0 aliphatic carbocycles. The number of ether oxygens (including phenoxy) is 1. The summed E-state index contributed by atoms with van der Waals surface area (Å²) in [5.74, 6) is -1.55.